The third-order valence-corrected chi connectivity index (χ3v) is 4.04. The number of para-hydroxylation sites is 1. The van der Waals surface area contributed by atoms with Crippen molar-refractivity contribution in [3.05, 3.63) is 58.3 Å². The lowest BCUT2D eigenvalue weighted by Crippen LogP contribution is -2.30. The number of carboxylic acids is 1. The third-order valence-electron chi connectivity index (χ3n) is 3.18. The van der Waals surface area contributed by atoms with Crippen molar-refractivity contribution in [1.82, 2.24) is 0 Å². The van der Waals surface area contributed by atoms with E-state index < -0.39 is 5.97 Å². The summed E-state index contributed by atoms with van der Waals surface area (Å²) in [5, 5.41) is 10.9. The number of nitrogens with zero attached hydrogens (tertiary/aromatic N) is 1. The fourth-order valence-corrected chi connectivity index (χ4v) is 2.87. The van der Waals surface area contributed by atoms with Crippen LogP contribution in [0.1, 0.15) is 24.3 Å². The Kier molecular flexibility index (Phi) is 5.17. The molecule has 0 aliphatic heterocycles. The van der Waals surface area contributed by atoms with Crippen LogP contribution in [0.3, 0.4) is 0 Å². The average Bonchev–Trinajstić information content (AvgIpc) is 2.95. The van der Waals surface area contributed by atoms with Gasteiger partial charge in [-0.2, -0.15) is 0 Å². The minimum Gasteiger partial charge on any atom is -0.478 e. The van der Waals surface area contributed by atoms with E-state index in [-0.39, 0.29) is 0 Å². The second-order valence-electron chi connectivity index (χ2n) is 5.03. The van der Waals surface area contributed by atoms with Gasteiger partial charge in [0.15, 0.2) is 0 Å². The van der Waals surface area contributed by atoms with Gasteiger partial charge < -0.3 is 10.0 Å². The molecule has 0 saturated heterocycles. The van der Waals surface area contributed by atoms with E-state index in [0.29, 0.717) is 6.04 Å². The molecule has 0 aliphatic carbocycles. The molecule has 1 N–H and O–H groups in total. The van der Waals surface area contributed by atoms with E-state index in [2.05, 4.69) is 36.3 Å². The lowest BCUT2D eigenvalue weighted by atomic mass is 10.1. The summed E-state index contributed by atoms with van der Waals surface area (Å²) >= 11 is 1.73. The average molecular weight is 301 g/mol. The Morgan fingerprint density at radius 3 is 2.67 bits per heavy atom. The predicted molar refractivity (Wildman–Crippen MR) is 88.7 cm³/mol. The molecule has 0 radical (unpaired) electrons. The summed E-state index contributed by atoms with van der Waals surface area (Å²) in [6.07, 6.45) is 2.84. The maximum atomic E-state index is 10.7. The molecule has 0 saturated carbocycles. The van der Waals surface area contributed by atoms with E-state index >= 15 is 0 Å². The standard InChI is InChI=1S/C17H19NO2S/c1-13(2)18(12-15-7-5-11-21-15)16-8-4-3-6-14(16)9-10-17(19)20/h3-11,13H,12H2,1-2H3,(H,19,20). The first-order chi connectivity index (χ1) is 10.1. The van der Waals surface area contributed by atoms with E-state index in [1.165, 1.54) is 11.0 Å². The summed E-state index contributed by atoms with van der Waals surface area (Å²) in [5.41, 5.74) is 1.98. The first-order valence-corrected chi connectivity index (χ1v) is 7.75. The van der Waals surface area contributed by atoms with Crippen LogP contribution in [0.15, 0.2) is 47.9 Å². The van der Waals surface area contributed by atoms with Crippen LogP contribution in [0.4, 0.5) is 5.69 Å². The number of hydrogen-bond donors (Lipinski definition) is 1. The molecule has 110 valence electrons. The topological polar surface area (TPSA) is 40.5 Å². The predicted octanol–water partition coefficient (Wildman–Crippen LogP) is 4.26. The van der Waals surface area contributed by atoms with Crippen LogP contribution in [-0.2, 0) is 11.3 Å². The number of hydrogen-bond acceptors (Lipinski definition) is 3. The van der Waals surface area contributed by atoms with Crippen molar-refractivity contribution in [1.29, 1.82) is 0 Å². The second-order valence-corrected chi connectivity index (χ2v) is 6.06. The molecule has 1 heterocycles. The third kappa shape index (κ3) is 4.20. The van der Waals surface area contributed by atoms with Crippen molar-refractivity contribution in [2.75, 3.05) is 4.90 Å². The van der Waals surface area contributed by atoms with Crippen molar-refractivity contribution in [3.63, 3.8) is 0 Å². The fraction of sp³-hybridized carbons (Fsp3) is 0.235. The van der Waals surface area contributed by atoms with Crippen LogP contribution in [0.2, 0.25) is 0 Å². The van der Waals surface area contributed by atoms with E-state index in [4.69, 9.17) is 5.11 Å². The minimum atomic E-state index is -0.931. The zero-order valence-electron chi connectivity index (χ0n) is 12.2. The normalized spacial score (nSPS) is 11.2. The van der Waals surface area contributed by atoms with Crippen molar-refractivity contribution < 1.29 is 9.90 Å². The van der Waals surface area contributed by atoms with Gasteiger partial charge in [0.25, 0.3) is 0 Å². The zero-order chi connectivity index (χ0) is 15.2. The second kappa shape index (κ2) is 7.09. The number of carbonyl (C=O) groups is 1. The van der Waals surface area contributed by atoms with Crippen molar-refractivity contribution in [3.8, 4) is 0 Å². The molecular formula is C17H19NO2S. The number of aliphatic carboxylic acids is 1. The van der Waals surface area contributed by atoms with Gasteiger partial charge in [0.1, 0.15) is 0 Å². The smallest absolute Gasteiger partial charge is 0.328 e. The zero-order valence-corrected chi connectivity index (χ0v) is 13.0. The lowest BCUT2D eigenvalue weighted by Gasteiger charge is -2.30. The van der Waals surface area contributed by atoms with Crippen molar-refractivity contribution in [2.24, 2.45) is 0 Å². The van der Waals surface area contributed by atoms with Gasteiger partial charge in [-0.25, -0.2) is 4.79 Å². The number of rotatable bonds is 6. The summed E-state index contributed by atoms with van der Waals surface area (Å²) in [5.74, 6) is -0.931. The van der Waals surface area contributed by atoms with E-state index in [9.17, 15) is 4.79 Å². The molecule has 3 nitrogen and oxygen atoms in total. The SMILES string of the molecule is CC(C)N(Cc1cccs1)c1ccccc1C=CC(=O)O. The highest BCUT2D eigenvalue weighted by Crippen LogP contribution is 2.26. The Labute approximate surface area is 129 Å². The summed E-state index contributed by atoms with van der Waals surface area (Å²) < 4.78 is 0. The molecule has 21 heavy (non-hydrogen) atoms. The van der Waals surface area contributed by atoms with Crippen LogP contribution in [0.25, 0.3) is 6.08 Å². The monoisotopic (exact) mass is 301 g/mol. The molecule has 0 amide bonds. The van der Waals surface area contributed by atoms with Crippen LogP contribution >= 0.6 is 11.3 Å². The number of carboxylic acid groups (broad SMARTS) is 1. The summed E-state index contributed by atoms with van der Waals surface area (Å²) in [6, 6.07) is 12.4. The van der Waals surface area contributed by atoms with E-state index in [1.807, 2.05) is 24.3 Å². The van der Waals surface area contributed by atoms with Gasteiger partial charge in [-0.1, -0.05) is 24.3 Å². The van der Waals surface area contributed by atoms with Gasteiger partial charge in [-0.05, 0) is 43.0 Å². The molecule has 2 aromatic rings. The molecule has 2 rings (SSSR count). The molecule has 0 atom stereocenters. The molecule has 0 fully saturated rings. The van der Waals surface area contributed by atoms with Gasteiger partial charge in [0.05, 0.1) is 6.54 Å². The molecule has 0 unspecified atom stereocenters. The van der Waals surface area contributed by atoms with Crippen molar-refractivity contribution >= 4 is 29.1 Å². The van der Waals surface area contributed by atoms with Gasteiger partial charge >= 0.3 is 5.97 Å². The first kappa shape index (κ1) is 15.3. The Morgan fingerprint density at radius 1 is 1.29 bits per heavy atom. The van der Waals surface area contributed by atoms with E-state index in [0.717, 1.165) is 17.8 Å². The van der Waals surface area contributed by atoms with Crippen LogP contribution in [0.5, 0.6) is 0 Å². The fourth-order valence-electron chi connectivity index (χ4n) is 2.17. The molecular weight excluding hydrogens is 282 g/mol. The highest BCUT2D eigenvalue weighted by molar-refractivity contribution is 7.09. The van der Waals surface area contributed by atoms with Gasteiger partial charge in [-0.3, -0.25) is 0 Å². The Bertz CT molecular complexity index is 617. The van der Waals surface area contributed by atoms with Crippen molar-refractivity contribution in [2.45, 2.75) is 26.4 Å². The Hall–Kier alpha value is -2.07. The first-order valence-electron chi connectivity index (χ1n) is 6.87. The maximum absolute atomic E-state index is 10.7. The molecule has 1 aromatic carbocycles. The van der Waals surface area contributed by atoms with E-state index in [1.54, 1.807) is 17.4 Å². The number of anilines is 1. The quantitative estimate of drug-likeness (QED) is 0.810. The minimum absolute atomic E-state index is 0.325. The summed E-state index contributed by atoms with van der Waals surface area (Å²) in [7, 11) is 0. The Balaban J connectivity index is 2.34. The molecule has 0 spiro atoms. The maximum Gasteiger partial charge on any atom is 0.328 e. The summed E-state index contributed by atoms with van der Waals surface area (Å²) in [6.45, 7) is 5.11. The number of benzene rings is 1. The van der Waals surface area contributed by atoms with Crippen LogP contribution < -0.4 is 4.90 Å². The Morgan fingerprint density at radius 2 is 2.05 bits per heavy atom. The largest absolute Gasteiger partial charge is 0.478 e. The van der Waals surface area contributed by atoms with Crippen LogP contribution in [0, 0.1) is 0 Å². The summed E-state index contributed by atoms with van der Waals surface area (Å²) in [4.78, 5) is 14.3. The van der Waals surface area contributed by atoms with Gasteiger partial charge in [0.2, 0.25) is 0 Å². The molecule has 0 aliphatic rings. The molecule has 0 bridgehead atoms. The van der Waals surface area contributed by atoms with Gasteiger partial charge in [-0.15, -0.1) is 11.3 Å². The lowest BCUT2D eigenvalue weighted by molar-refractivity contribution is -0.131. The number of thiophene rings is 1. The molecule has 1 aromatic heterocycles. The molecule has 4 heteroatoms. The van der Waals surface area contributed by atoms with Crippen LogP contribution in [-0.4, -0.2) is 17.1 Å². The highest BCUT2D eigenvalue weighted by Gasteiger charge is 2.14. The highest BCUT2D eigenvalue weighted by atomic mass is 32.1. The van der Waals surface area contributed by atoms with Gasteiger partial charge in [0, 0.05) is 22.7 Å².